The van der Waals surface area contributed by atoms with E-state index in [2.05, 4.69) is 15.6 Å². The summed E-state index contributed by atoms with van der Waals surface area (Å²) in [6.07, 6.45) is 2.10. The van der Waals surface area contributed by atoms with Crippen LogP contribution in [0.1, 0.15) is 10.4 Å². The summed E-state index contributed by atoms with van der Waals surface area (Å²) in [6, 6.07) is 9.61. The highest BCUT2D eigenvalue weighted by atomic mass is 16.4. The Morgan fingerprint density at radius 3 is 2.15 bits per heavy atom. The molecule has 1 aromatic carbocycles. The van der Waals surface area contributed by atoms with Crippen LogP contribution in [0.3, 0.4) is 0 Å². The number of likely N-dealkylation sites (N-methyl/N-ethyl adjacent to an activating group) is 1. The zero-order chi connectivity index (χ0) is 19.1. The third-order valence-electron chi connectivity index (χ3n) is 3.66. The number of hydrogen-bond acceptors (Lipinski definition) is 4. The minimum Gasteiger partial charge on any atom is -0.465 e. The van der Waals surface area contributed by atoms with E-state index in [1.807, 2.05) is 12.1 Å². The molecule has 136 valence electrons. The van der Waals surface area contributed by atoms with Crippen LogP contribution in [0.4, 0.5) is 4.79 Å². The van der Waals surface area contributed by atoms with E-state index in [9.17, 15) is 14.4 Å². The summed E-state index contributed by atoms with van der Waals surface area (Å²) in [5, 5.41) is 13.4. The van der Waals surface area contributed by atoms with Crippen molar-refractivity contribution in [3.63, 3.8) is 0 Å². The van der Waals surface area contributed by atoms with Gasteiger partial charge in [0.25, 0.3) is 5.91 Å². The van der Waals surface area contributed by atoms with Crippen molar-refractivity contribution in [1.82, 2.24) is 20.5 Å². The molecule has 8 heteroatoms. The fourth-order valence-corrected chi connectivity index (χ4v) is 2.30. The summed E-state index contributed by atoms with van der Waals surface area (Å²) in [6.45, 7) is -0.215. The zero-order valence-electron chi connectivity index (χ0n) is 14.5. The van der Waals surface area contributed by atoms with Crippen LogP contribution in [-0.2, 0) is 4.79 Å². The van der Waals surface area contributed by atoms with Gasteiger partial charge in [0.15, 0.2) is 0 Å². The molecular weight excluding hydrogens is 336 g/mol. The first-order valence-electron chi connectivity index (χ1n) is 7.87. The quantitative estimate of drug-likeness (QED) is 0.720. The summed E-state index contributed by atoms with van der Waals surface area (Å²) < 4.78 is 0. The van der Waals surface area contributed by atoms with Gasteiger partial charge < -0.3 is 20.6 Å². The minimum atomic E-state index is -1.27. The molecule has 0 aliphatic carbocycles. The summed E-state index contributed by atoms with van der Waals surface area (Å²) in [4.78, 5) is 40.5. The van der Waals surface area contributed by atoms with Gasteiger partial charge in [-0.25, -0.2) is 4.79 Å². The van der Waals surface area contributed by atoms with Crippen molar-refractivity contribution in [3.8, 4) is 11.1 Å². The number of hydrogen-bond donors (Lipinski definition) is 3. The van der Waals surface area contributed by atoms with Crippen LogP contribution in [0.15, 0.2) is 48.8 Å². The van der Waals surface area contributed by atoms with Gasteiger partial charge in [-0.05, 0) is 35.4 Å². The molecule has 3 N–H and O–H groups in total. The normalized spacial score (nSPS) is 11.3. The van der Waals surface area contributed by atoms with Gasteiger partial charge in [0.05, 0.1) is 6.54 Å². The number of carboxylic acid groups (broad SMARTS) is 1. The Morgan fingerprint density at radius 1 is 1.04 bits per heavy atom. The third-order valence-corrected chi connectivity index (χ3v) is 3.66. The minimum absolute atomic E-state index is 0.215. The van der Waals surface area contributed by atoms with Crippen molar-refractivity contribution >= 4 is 17.9 Å². The van der Waals surface area contributed by atoms with Crippen LogP contribution in [0.25, 0.3) is 11.1 Å². The Bertz CT molecular complexity index is 776. The first-order chi connectivity index (χ1) is 12.4. The number of benzene rings is 1. The molecule has 1 unspecified atom stereocenters. The Kier molecular flexibility index (Phi) is 6.26. The SMILES string of the molecule is CN(C)C(=O)C(CNC(=O)O)NC(=O)c1ccc(-c2ccncc2)cc1. The highest BCUT2D eigenvalue weighted by Crippen LogP contribution is 2.18. The van der Waals surface area contributed by atoms with Gasteiger partial charge in [-0.1, -0.05) is 12.1 Å². The zero-order valence-corrected chi connectivity index (χ0v) is 14.5. The van der Waals surface area contributed by atoms with Crippen LogP contribution >= 0.6 is 0 Å². The molecular formula is C18H20N4O4. The van der Waals surface area contributed by atoms with Gasteiger partial charge in [-0.15, -0.1) is 0 Å². The monoisotopic (exact) mass is 356 g/mol. The second-order valence-electron chi connectivity index (χ2n) is 5.76. The predicted octanol–water partition coefficient (Wildman–Crippen LogP) is 1.20. The van der Waals surface area contributed by atoms with Crippen LogP contribution in [0.2, 0.25) is 0 Å². The molecule has 1 aromatic heterocycles. The van der Waals surface area contributed by atoms with Crippen LogP contribution < -0.4 is 10.6 Å². The lowest BCUT2D eigenvalue weighted by Crippen LogP contribution is -2.52. The first-order valence-corrected chi connectivity index (χ1v) is 7.87. The van der Waals surface area contributed by atoms with E-state index < -0.39 is 23.9 Å². The van der Waals surface area contributed by atoms with Crippen LogP contribution in [0.5, 0.6) is 0 Å². The molecule has 0 fully saturated rings. The van der Waals surface area contributed by atoms with Gasteiger partial charge in [-0.2, -0.15) is 0 Å². The lowest BCUT2D eigenvalue weighted by Gasteiger charge is -2.21. The number of carbonyl (C=O) groups excluding carboxylic acids is 2. The average molecular weight is 356 g/mol. The van der Waals surface area contributed by atoms with Crippen LogP contribution in [-0.4, -0.2) is 59.6 Å². The summed E-state index contributed by atoms with van der Waals surface area (Å²) in [5.74, 6) is -0.862. The standard InChI is InChI=1S/C18H20N4O4/c1-22(2)17(24)15(11-20-18(25)26)21-16(23)14-5-3-12(4-6-14)13-7-9-19-10-8-13/h3-10,15,20H,11H2,1-2H3,(H,21,23)(H,25,26). The molecule has 0 aliphatic heterocycles. The van der Waals surface area contributed by atoms with Crippen molar-refractivity contribution in [1.29, 1.82) is 0 Å². The molecule has 1 heterocycles. The number of nitrogens with zero attached hydrogens (tertiary/aromatic N) is 2. The molecule has 0 saturated heterocycles. The predicted molar refractivity (Wildman–Crippen MR) is 95.6 cm³/mol. The van der Waals surface area contributed by atoms with Gasteiger partial charge in [0.1, 0.15) is 6.04 Å². The molecule has 0 saturated carbocycles. The summed E-state index contributed by atoms with van der Waals surface area (Å²) in [5.41, 5.74) is 2.27. The van der Waals surface area contributed by atoms with E-state index in [1.165, 1.54) is 19.0 Å². The number of nitrogens with one attached hydrogen (secondary N) is 2. The average Bonchev–Trinajstić information content (AvgIpc) is 2.65. The third kappa shape index (κ3) is 5.04. The number of aromatic nitrogens is 1. The topological polar surface area (TPSA) is 112 Å². The molecule has 3 amide bonds. The number of pyridine rings is 1. The Labute approximate surface area is 150 Å². The van der Waals surface area contributed by atoms with Gasteiger partial charge in [0.2, 0.25) is 5.91 Å². The molecule has 8 nitrogen and oxygen atoms in total. The van der Waals surface area contributed by atoms with Gasteiger partial charge in [0, 0.05) is 32.1 Å². The maximum absolute atomic E-state index is 12.4. The molecule has 2 aromatic rings. The number of carbonyl (C=O) groups is 3. The summed E-state index contributed by atoms with van der Waals surface area (Å²) >= 11 is 0. The number of rotatable bonds is 6. The van der Waals surface area contributed by atoms with Crippen molar-refractivity contribution in [3.05, 3.63) is 54.4 Å². The van der Waals surface area contributed by atoms with E-state index in [4.69, 9.17) is 5.11 Å². The van der Waals surface area contributed by atoms with E-state index in [0.29, 0.717) is 5.56 Å². The highest BCUT2D eigenvalue weighted by molar-refractivity contribution is 5.98. The maximum Gasteiger partial charge on any atom is 0.404 e. The maximum atomic E-state index is 12.4. The van der Waals surface area contributed by atoms with Crippen molar-refractivity contribution in [2.45, 2.75) is 6.04 Å². The van der Waals surface area contributed by atoms with E-state index in [-0.39, 0.29) is 6.54 Å². The van der Waals surface area contributed by atoms with Crippen molar-refractivity contribution in [2.75, 3.05) is 20.6 Å². The lowest BCUT2D eigenvalue weighted by molar-refractivity contribution is -0.130. The van der Waals surface area contributed by atoms with Crippen molar-refractivity contribution in [2.24, 2.45) is 0 Å². The van der Waals surface area contributed by atoms with E-state index in [0.717, 1.165) is 11.1 Å². The van der Waals surface area contributed by atoms with Crippen LogP contribution in [0, 0.1) is 0 Å². The summed E-state index contributed by atoms with van der Waals surface area (Å²) in [7, 11) is 3.07. The highest BCUT2D eigenvalue weighted by Gasteiger charge is 2.23. The fourth-order valence-electron chi connectivity index (χ4n) is 2.30. The Morgan fingerprint density at radius 2 is 1.62 bits per heavy atom. The Balaban J connectivity index is 2.10. The molecule has 0 bridgehead atoms. The van der Waals surface area contributed by atoms with E-state index in [1.54, 1.807) is 36.7 Å². The molecule has 26 heavy (non-hydrogen) atoms. The largest absolute Gasteiger partial charge is 0.465 e. The molecule has 0 spiro atoms. The first kappa shape index (κ1) is 18.9. The second-order valence-corrected chi connectivity index (χ2v) is 5.76. The van der Waals surface area contributed by atoms with E-state index >= 15 is 0 Å². The van der Waals surface area contributed by atoms with Gasteiger partial charge in [-0.3, -0.25) is 14.6 Å². The molecule has 1 atom stereocenters. The van der Waals surface area contributed by atoms with Crippen molar-refractivity contribution < 1.29 is 19.5 Å². The molecule has 0 aliphatic rings. The van der Waals surface area contributed by atoms with Gasteiger partial charge >= 0.3 is 6.09 Å². The lowest BCUT2D eigenvalue weighted by atomic mass is 10.0. The molecule has 2 rings (SSSR count). The number of amides is 3. The second kappa shape index (κ2) is 8.61. The Hall–Kier alpha value is -3.42. The fraction of sp³-hybridized carbons (Fsp3) is 0.222. The smallest absolute Gasteiger partial charge is 0.404 e. The molecule has 0 radical (unpaired) electrons.